The fraction of sp³-hybridized carbons (Fsp3) is 0.321. The van der Waals surface area contributed by atoms with Crippen LogP contribution < -0.4 is 16.8 Å². The van der Waals surface area contributed by atoms with E-state index >= 15 is 0 Å². The Hall–Kier alpha value is -3.58. The molecule has 0 spiro atoms. The van der Waals surface area contributed by atoms with Crippen molar-refractivity contribution in [2.24, 2.45) is 10.7 Å². The molecule has 0 bridgehead atoms. The molecular formula is C28H30FN5O2S. The number of anilines is 1. The number of amides is 1. The molecule has 2 aromatic carbocycles. The minimum Gasteiger partial charge on any atom is -0.398 e. The van der Waals surface area contributed by atoms with E-state index in [0.717, 1.165) is 39.3 Å². The van der Waals surface area contributed by atoms with E-state index in [4.69, 9.17) is 16.7 Å². The van der Waals surface area contributed by atoms with E-state index in [-0.39, 0.29) is 23.8 Å². The standard InChI is InChI=1S/C28H30FN5O2S/c29-26-9-17(3-4-19(26)14-30)25-13-24(10-21(31)2-1-7-33-16-35)37-28(25)18-5-6-27(32)20(8-18)15-34-22-11-23(36)12-22/h3-6,8-9,13,15-16,21-23,36H,1-2,7,10-12,31-32H2,(H,33,35). The molecule has 1 atom stereocenters. The number of nitriles is 1. The normalized spacial score (nSPS) is 17.8. The first kappa shape index (κ1) is 26.5. The number of aliphatic imine (C=N–C) groups is 1. The van der Waals surface area contributed by atoms with Gasteiger partial charge in [-0.25, -0.2) is 4.39 Å². The highest BCUT2D eigenvalue weighted by Gasteiger charge is 2.26. The predicted octanol–water partition coefficient (Wildman–Crippen LogP) is 4.01. The monoisotopic (exact) mass is 519 g/mol. The van der Waals surface area contributed by atoms with Crippen LogP contribution in [-0.2, 0) is 11.2 Å². The number of hydrogen-bond acceptors (Lipinski definition) is 7. The van der Waals surface area contributed by atoms with Gasteiger partial charge in [0.05, 0.1) is 17.7 Å². The third-order valence-electron chi connectivity index (χ3n) is 6.49. The second kappa shape index (κ2) is 12.1. The fourth-order valence-corrected chi connectivity index (χ4v) is 5.59. The highest BCUT2D eigenvalue weighted by atomic mass is 32.1. The summed E-state index contributed by atoms with van der Waals surface area (Å²) in [6.07, 6.45) is 5.66. The Morgan fingerprint density at radius 1 is 1.24 bits per heavy atom. The largest absolute Gasteiger partial charge is 0.398 e. The van der Waals surface area contributed by atoms with Gasteiger partial charge in [-0.3, -0.25) is 9.79 Å². The molecule has 1 saturated carbocycles. The van der Waals surface area contributed by atoms with Gasteiger partial charge in [0, 0.05) is 45.4 Å². The molecule has 1 amide bonds. The zero-order valence-electron chi connectivity index (χ0n) is 20.4. The van der Waals surface area contributed by atoms with E-state index in [0.29, 0.717) is 43.5 Å². The van der Waals surface area contributed by atoms with Crippen molar-refractivity contribution in [2.75, 3.05) is 12.3 Å². The van der Waals surface area contributed by atoms with Gasteiger partial charge in [0.15, 0.2) is 0 Å². The first-order valence-corrected chi connectivity index (χ1v) is 13.1. The lowest BCUT2D eigenvalue weighted by Crippen LogP contribution is -2.31. The third kappa shape index (κ3) is 6.60. The number of benzene rings is 2. The molecule has 1 aliphatic rings. The van der Waals surface area contributed by atoms with Crippen LogP contribution in [0.3, 0.4) is 0 Å². The van der Waals surface area contributed by atoms with Gasteiger partial charge in [0.1, 0.15) is 11.9 Å². The van der Waals surface area contributed by atoms with Gasteiger partial charge < -0.3 is 21.9 Å². The van der Waals surface area contributed by atoms with Crippen molar-refractivity contribution in [3.05, 3.63) is 64.3 Å². The predicted molar refractivity (Wildman–Crippen MR) is 146 cm³/mol. The Morgan fingerprint density at radius 2 is 2.03 bits per heavy atom. The summed E-state index contributed by atoms with van der Waals surface area (Å²) in [6, 6.07) is 14.3. The molecular weight excluding hydrogens is 489 g/mol. The van der Waals surface area contributed by atoms with Gasteiger partial charge in [0.2, 0.25) is 6.41 Å². The number of rotatable bonds is 11. The first-order valence-electron chi connectivity index (χ1n) is 12.2. The van der Waals surface area contributed by atoms with Crippen molar-refractivity contribution in [3.63, 3.8) is 0 Å². The molecule has 4 rings (SSSR count). The molecule has 0 aliphatic heterocycles. The minimum absolute atomic E-state index is 0.00111. The van der Waals surface area contributed by atoms with E-state index in [9.17, 15) is 14.3 Å². The van der Waals surface area contributed by atoms with Gasteiger partial charge in [-0.05, 0) is 73.6 Å². The molecule has 192 valence electrons. The molecule has 1 aliphatic carbocycles. The van der Waals surface area contributed by atoms with Crippen molar-refractivity contribution in [1.82, 2.24) is 5.32 Å². The number of halogens is 1. The van der Waals surface area contributed by atoms with E-state index in [1.165, 1.54) is 12.1 Å². The van der Waals surface area contributed by atoms with Crippen LogP contribution in [0.4, 0.5) is 10.1 Å². The quantitative estimate of drug-likeness (QED) is 0.131. The molecule has 1 aromatic heterocycles. The van der Waals surface area contributed by atoms with Crippen molar-refractivity contribution in [2.45, 2.75) is 50.3 Å². The Bertz CT molecular complexity index is 1330. The van der Waals surface area contributed by atoms with Gasteiger partial charge >= 0.3 is 0 Å². The Kier molecular flexibility index (Phi) is 8.66. The molecule has 7 nitrogen and oxygen atoms in total. The van der Waals surface area contributed by atoms with Gasteiger partial charge in [-0.15, -0.1) is 11.3 Å². The van der Waals surface area contributed by atoms with Gasteiger partial charge in [-0.1, -0.05) is 12.1 Å². The summed E-state index contributed by atoms with van der Waals surface area (Å²) < 4.78 is 14.5. The van der Waals surface area contributed by atoms with Crippen LogP contribution in [0.2, 0.25) is 0 Å². The van der Waals surface area contributed by atoms with Crippen molar-refractivity contribution >= 4 is 29.6 Å². The summed E-state index contributed by atoms with van der Waals surface area (Å²) in [4.78, 5) is 17.0. The van der Waals surface area contributed by atoms with E-state index < -0.39 is 5.82 Å². The second-order valence-electron chi connectivity index (χ2n) is 9.34. The first-order chi connectivity index (χ1) is 17.9. The van der Waals surface area contributed by atoms with Crippen LogP contribution in [0.25, 0.3) is 21.6 Å². The summed E-state index contributed by atoms with van der Waals surface area (Å²) in [5, 5.41) is 21.3. The molecule has 3 aromatic rings. The Morgan fingerprint density at radius 3 is 2.73 bits per heavy atom. The van der Waals surface area contributed by atoms with Crippen LogP contribution in [-0.4, -0.2) is 42.5 Å². The summed E-state index contributed by atoms with van der Waals surface area (Å²) in [5.41, 5.74) is 16.4. The number of thiophene rings is 1. The van der Waals surface area contributed by atoms with Crippen LogP contribution in [0.1, 0.15) is 41.7 Å². The highest BCUT2D eigenvalue weighted by Crippen LogP contribution is 2.41. The van der Waals surface area contributed by atoms with Crippen LogP contribution in [0.15, 0.2) is 47.5 Å². The lowest BCUT2D eigenvalue weighted by Gasteiger charge is -2.27. The maximum absolute atomic E-state index is 14.5. The molecule has 37 heavy (non-hydrogen) atoms. The number of nitrogens with zero attached hydrogens (tertiary/aromatic N) is 2. The van der Waals surface area contributed by atoms with Crippen molar-refractivity contribution in [1.29, 1.82) is 5.26 Å². The van der Waals surface area contributed by atoms with Gasteiger partial charge in [-0.2, -0.15) is 5.26 Å². The maximum Gasteiger partial charge on any atom is 0.207 e. The number of nitrogens with two attached hydrogens (primary N) is 2. The molecule has 1 fully saturated rings. The molecule has 0 radical (unpaired) electrons. The zero-order valence-corrected chi connectivity index (χ0v) is 21.2. The van der Waals surface area contributed by atoms with Crippen molar-refractivity contribution < 1.29 is 14.3 Å². The van der Waals surface area contributed by atoms with E-state index in [2.05, 4.69) is 10.3 Å². The molecule has 1 heterocycles. The number of carbonyl (C=O) groups is 1. The molecule has 9 heteroatoms. The summed E-state index contributed by atoms with van der Waals surface area (Å²) in [5.74, 6) is -0.564. The molecule has 6 N–H and O–H groups in total. The molecule has 0 saturated heterocycles. The van der Waals surface area contributed by atoms with Crippen LogP contribution >= 0.6 is 11.3 Å². The number of aliphatic hydroxyl groups is 1. The number of nitrogen functional groups attached to an aromatic ring is 1. The zero-order chi connectivity index (χ0) is 26.4. The Labute approximate surface area is 219 Å². The second-order valence-corrected chi connectivity index (χ2v) is 10.5. The SMILES string of the molecule is N#Cc1ccc(-c2cc(CC(N)CCCNC=O)sc2-c2ccc(N)c(C=NC3CC(O)C3)c2)cc1F. The number of hydrogen-bond donors (Lipinski definition) is 4. The molecule has 1 unspecified atom stereocenters. The topological polar surface area (TPSA) is 138 Å². The number of nitrogens with one attached hydrogen (secondary N) is 1. The lowest BCUT2D eigenvalue weighted by molar-refractivity contribution is -0.109. The average Bonchev–Trinajstić information content (AvgIpc) is 3.28. The average molecular weight is 520 g/mol. The number of carbonyl (C=O) groups excluding carboxylic acids is 1. The number of aliphatic hydroxyl groups excluding tert-OH is 1. The lowest BCUT2D eigenvalue weighted by atomic mass is 9.90. The smallest absolute Gasteiger partial charge is 0.207 e. The van der Waals surface area contributed by atoms with Gasteiger partial charge in [0.25, 0.3) is 0 Å². The van der Waals surface area contributed by atoms with Crippen molar-refractivity contribution in [3.8, 4) is 27.6 Å². The minimum atomic E-state index is -0.564. The van der Waals surface area contributed by atoms with Crippen LogP contribution in [0.5, 0.6) is 0 Å². The summed E-state index contributed by atoms with van der Waals surface area (Å²) in [7, 11) is 0. The summed E-state index contributed by atoms with van der Waals surface area (Å²) in [6.45, 7) is 0.582. The maximum atomic E-state index is 14.5. The summed E-state index contributed by atoms with van der Waals surface area (Å²) >= 11 is 1.59. The highest BCUT2D eigenvalue weighted by molar-refractivity contribution is 7.16. The van der Waals surface area contributed by atoms with Crippen LogP contribution in [0, 0.1) is 17.1 Å². The third-order valence-corrected chi connectivity index (χ3v) is 7.69. The Balaban J connectivity index is 1.66. The van der Waals surface area contributed by atoms with E-state index in [1.54, 1.807) is 23.6 Å². The fourth-order valence-electron chi connectivity index (χ4n) is 4.32. The van der Waals surface area contributed by atoms with E-state index in [1.807, 2.05) is 30.3 Å².